The fraction of sp³-hybridized carbons (Fsp3) is 0. The number of pyridine rings is 1. The number of halogens is 4. The van der Waals surface area contributed by atoms with Gasteiger partial charge in [0.2, 0.25) is 5.78 Å². The van der Waals surface area contributed by atoms with Crippen molar-refractivity contribution < 1.29 is 9.18 Å². The fourth-order valence-electron chi connectivity index (χ4n) is 1.38. The zero-order valence-corrected chi connectivity index (χ0v) is 11.9. The lowest BCUT2D eigenvalue weighted by Crippen LogP contribution is -2.07. The fourth-order valence-corrected chi connectivity index (χ4v) is 2.21. The highest BCUT2D eigenvalue weighted by Gasteiger charge is 2.18. The molecule has 0 spiro atoms. The zero-order valence-electron chi connectivity index (χ0n) is 8.75. The SMILES string of the molecule is O=C(c1cc(Br)ccc1F)c1ncc(Cl)cc1Cl. The van der Waals surface area contributed by atoms with Gasteiger partial charge in [0.15, 0.2) is 0 Å². The molecule has 6 heteroatoms. The maximum atomic E-state index is 13.6. The molecule has 0 N–H and O–H groups in total. The summed E-state index contributed by atoms with van der Waals surface area (Å²) in [6.45, 7) is 0. The van der Waals surface area contributed by atoms with Crippen molar-refractivity contribution in [2.45, 2.75) is 0 Å². The first-order valence-electron chi connectivity index (χ1n) is 4.80. The molecule has 0 aliphatic heterocycles. The number of rotatable bonds is 2. The van der Waals surface area contributed by atoms with Crippen molar-refractivity contribution in [3.8, 4) is 0 Å². The van der Waals surface area contributed by atoms with Crippen molar-refractivity contribution in [1.29, 1.82) is 0 Å². The molecule has 18 heavy (non-hydrogen) atoms. The molecule has 0 aliphatic carbocycles. The van der Waals surface area contributed by atoms with E-state index < -0.39 is 11.6 Å². The lowest BCUT2D eigenvalue weighted by atomic mass is 10.1. The second-order valence-electron chi connectivity index (χ2n) is 3.44. The molecule has 0 aliphatic rings. The Morgan fingerprint density at radius 3 is 2.67 bits per heavy atom. The van der Waals surface area contributed by atoms with Crippen molar-refractivity contribution in [3.63, 3.8) is 0 Å². The van der Waals surface area contributed by atoms with Crippen molar-refractivity contribution in [2.75, 3.05) is 0 Å². The summed E-state index contributed by atoms with van der Waals surface area (Å²) >= 11 is 14.7. The number of nitrogens with zero attached hydrogens (tertiary/aromatic N) is 1. The van der Waals surface area contributed by atoms with Gasteiger partial charge in [-0.1, -0.05) is 39.1 Å². The predicted octanol–water partition coefficient (Wildman–Crippen LogP) is 4.52. The van der Waals surface area contributed by atoms with Crippen LogP contribution in [0.1, 0.15) is 16.1 Å². The summed E-state index contributed by atoms with van der Waals surface area (Å²) in [7, 11) is 0. The molecule has 1 aromatic heterocycles. The summed E-state index contributed by atoms with van der Waals surface area (Å²) in [5.41, 5.74) is -0.126. The summed E-state index contributed by atoms with van der Waals surface area (Å²) in [6, 6.07) is 5.47. The summed E-state index contributed by atoms with van der Waals surface area (Å²) < 4.78 is 14.2. The van der Waals surface area contributed by atoms with Crippen molar-refractivity contribution in [2.24, 2.45) is 0 Å². The first-order valence-corrected chi connectivity index (χ1v) is 6.34. The van der Waals surface area contributed by atoms with Gasteiger partial charge in [-0.3, -0.25) is 4.79 Å². The number of hydrogen-bond donors (Lipinski definition) is 0. The molecule has 2 rings (SSSR count). The number of benzene rings is 1. The van der Waals surface area contributed by atoms with E-state index in [-0.39, 0.29) is 16.3 Å². The molecule has 1 aromatic carbocycles. The minimum atomic E-state index is -0.629. The van der Waals surface area contributed by atoms with E-state index in [0.717, 1.165) is 0 Å². The van der Waals surface area contributed by atoms with Crippen LogP contribution in [0, 0.1) is 5.82 Å². The Labute approximate surface area is 121 Å². The number of carbonyl (C=O) groups is 1. The van der Waals surface area contributed by atoms with Gasteiger partial charge in [-0.25, -0.2) is 9.37 Å². The van der Waals surface area contributed by atoms with E-state index in [0.29, 0.717) is 9.50 Å². The standard InChI is InChI=1S/C12H5BrCl2FNO/c13-6-1-2-10(16)8(3-6)12(18)11-9(15)4-7(14)5-17-11/h1-5H. The van der Waals surface area contributed by atoms with Gasteiger partial charge in [-0.05, 0) is 24.3 Å². The van der Waals surface area contributed by atoms with E-state index in [9.17, 15) is 9.18 Å². The third-order valence-corrected chi connectivity index (χ3v) is 3.18. The predicted molar refractivity (Wildman–Crippen MR) is 71.8 cm³/mol. The summed E-state index contributed by atoms with van der Waals surface area (Å²) in [5.74, 6) is -1.22. The summed E-state index contributed by atoms with van der Waals surface area (Å²) in [6.07, 6.45) is 1.29. The van der Waals surface area contributed by atoms with Crippen molar-refractivity contribution in [3.05, 3.63) is 62.1 Å². The first kappa shape index (κ1) is 13.5. The molecule has 92 valence electrons. The van der Waals surface area contributed by atoms with E-state index >= 15 is 0 Å². The van der Waals surface area contributed by atoms with Crippen molar-refractivity contribution >= 4 is 44.9 Å². The van der Waals surface area contributed by atoms with Gasteiger partial charge in [0, 0.05) is 10.7 Å². The maximum Gasteiger partial charge on any atom is 0.215 e. The molecule has 0 fully saturated rings. The van der Waals surface area contributed by atoms with E-state index in [4.69, 9.17) is 23.2 Å². The number of ketones is 1. The molecule has 2 aromatic rings. The minimum absolute atomic E-state index is 0.0296. The topological polar surface area (TPSA) is 30.0 Å². The van der Waals surface area contributed by atoms with Crippen LogP contribution in [0.25, 0.3) is 0 Å². The molecule has 0 unspecified atom stereocenters. The third kappa shape index (κ3) is 2.71. The Hall–Kier alpha value is -0.970. The smallest absolute Gasteiger partial charge is 0.215 e. The molecule has 0 radical (unpaired) electrons. The number of carbonyl (C=O) groups excluding carboxylic acids is 1. The van der Waals surface area contributed by atoms with Gasteiger partial charge >= 0.3 is 0 Å². The number of aromatic nitrogens is 1. The summed E-state index contributed by atoms with van der Waals surface area (Å²) in [4.78, 5) is 15.9. The molecular formula is C12H5BrCl2FNO. The Morgan fingerprint density at radius 2 is 2.00 bits per heavy atom. The third-order valence-electron chi connectivity index (χ3n) is 2.20. The highest BCUT2D eigenvalue weighted by Crippen LogP contribution is 2.23. The Balaban J connectivity index is 2.51. The zero-order chi connectivity index (χ0) is 13.3. The van der Waals surface area contributed by atoms with Gasteiger partial charge < -0.3 is 0 Å². The van der Waals surface area contributed by atoms with Gasteiger partial charge in [-0.15, -0.1) is 0 Å². The van der Waals surface area contributed by atoms with Crippen molar-refractivity contribution in [1.82, 2.24) is 4.98 Å². The highest BCUT2D eigenvalue weighted by molar-refractivity contribution is 9.10. The van der Waals surface area contributed by atoms with Gasteiger partial charge in [0.25, 0.3) is 0 Å². The van der Waals surface area contributed by atoms with Crippen LogP contribution in [0.15, 0.2) is 34.9 Å². The first-order chi connectivity index (χ1) is 8.49. The average molecular weight is 349 g/mol. The lowest BCUT2D eigenvalue weighted by Gasteiger charge is -2.05. The molecule has 0 saturated heterocycles. The van der Waals surface area contributed by atoms with E-state index in [2.05, 4.69) is 20.9 Å². The second kappa shape index (κ2) is 5.34. The van der Waals surface area contributed by atoms with Crippen LogP contribution in [-0.2, 0) is 0 Å². The average Bonchev–Trinajstić information content (AvgIpc) is 2.31. The highest BCUT2D eigenvalue weighted by atomic mass is 79.9. The van der Waals surface area contributed by atoms with Gasteiger partial charge in [-0.2, -0.15) is 0 Å². The number of hydrogen-bond acceptors (Lipinski definition) is 2. The molecule has 1 heterocycles. The monoisotopic (exact) mass is 347 g/mol. The molecule has 0 bridgehead atoms. The van der Waals surface area contributed by atoms with Crippen LogP contribution >= 0.6 is 39.1 Å². The molecule has 0 amide bonds. The molecule has 2 nitrogen and oxygen atoms in total. The maximum absolute atomic E-state index is 13.6. The minimum Gasteiger partial charge on any atom is -0.287 e. The Bertz CT molecular complexity index is 633. The van der Waals surface area contributed by atoms with E-state index in [1.54, 1.807) is 0 Å². The quantitative estimate of drug-likeness (QED) is 0.747. The Kier molecular flexibility index (Phi) is 4.00. The van der Waals surface area contributed by atoms with Gasteiger partial charge in [0.05, 0.1) is 15.6 Å². The van der Waals surface area contributed by atoms with Crippen LogP contribution in [0.4, 0.5) is 4.39 Å². The van der Waals surface area contributed by atoms with E-state index in [1.165, 1.54) is 30.5 Å². The molecular weight excluding hydrogens is 344 g/mol. The largest absolute Gasteiger partial charge is 0.287 e. The van der Waals surface area contributed by atoms with Crippen LogP contribution in [0.3, 0.4) is 0 Å². The second-order valence-corrected chi connectivity index (χ2v) is 5.20. The lowest BCUT2D eigenvalue weighted by molar-refractivity contribution is 0.103. The molecule has 0 saturated carbocycles. The van der Waals surface area contributed by atoms with Crippen LogP contribution < -0.4 is 0 Å². The van der Waals surface area contributed by atoms with Crippen LogP contribution in [0.5, 0.6) is 0 Å². The molecule has 0 atom stereocenters. The summed E-state index contributed by atoms with van der Waals surface area (Å²) in [5, 5.41) is 0.401. The van der Waals surface area contributed by atoms with E-state index in [1.807, 2.05) is 0 Å². The van der Waals surface area contributed by atoms with Crippen LogP contribution in [-0.4, -0.2) is 10.8 Å². The normalized spacial score (nSPS) is 10.4. The van der Waals surface area contributed by atoms with Gasteiger partial charge in [0.1, 0.15) is 11.5 Å². The van der Waals surface area contributed by atoms with Crippen LogP contribution in [0.2, 0.25) is 10.0 Å². The Morgan fingerprint density at radius 1 is 1.28 bits per heavy atom.